The second kappa shape index (κ2) is 8.94. The lowest BCUT2D eigenvalue weighted by atomic mass is 9.44. The maximum absolute atomic E-state index is 13.2. The molecule has 6 aliphatic rings. The van der Waals surface area contributed by atoms with Crippen LogP contribution in [-0.4, -0.2) is 30.6 Å². The van der Waals surface area contributed by atoms with Crippen LogP contribution in [0.25, 0.3) is 0 Å². The average Bonchev–Trinajstić information content (AvgIpc) is 3.29. The molecule has 2 heterocycles. The summed E-state index contributed by atoms with van der Waals surface area (Å²) in [4.78, 5) is 13.2. The maximum Gasteiger partial charge on any atom is 0.312 e. The van der Waals surface area contributed by atoms with Crippen molar-refractivity contribution in [3.63, 3.8) is 0 Å². The van der Waals surface area contributed by atoms with Crippen LogP contribution in [0.4, 0.5) is 0 Å². The van der Waals surface area contributed by atoms with Gasteiger partial charge in [-0.3, -0.25) is 4.79 Å². The Kier molecular flexibility index (Phi) is 6.48. The highest BCUT2D eigenvalue weighted by Gasteiger charge is 2.69. The topological polar surface area (TPSA) is 44.8 Å². The van der Waals surface area contributed by atoms with E-state index in [0.717, 1.165) is 43.6 Å². The van der Waals surface area contributed by atoms with Gasteiger partial charge in [0.15, 0.2) is 5.79 Å². The van der Waals surface area contributed by atoms with Crippen molar-refractivity contribution in [2.75, 3.05) is 6.61 Å². The van der Waals surface area contributed by atoms with Crippen LogP contribution in [0.15, 0.2) is 0 Å². The first-order valence-corrected chi connectivity index (χ1v) is 16.3. The van der Waals surface area contributed by atoms with E-state index >= 15 is 0 Å². The highest BCUT2D eigenvalue weighted by Crippen LogP contribution is 2.71. The van der Waals surface area contributed by atoms with Crippen molar-refractivity contribution in [1.29, 1.82) is 0 Å². The lowest BCUT2D eigenvalue weighted by Crippen LogP contribution is -2.55. The molecule has 0 amide bonds. The van der Waals surface area contributed by atoms with Crippen LogP contribution in [-0.2, 0) is 19.0 Å². The van der Waals surface area contributed by atoms with Gasteiger partial charge in [0.1, 0.15) is 6.10 Å². The zero-order valence-electron chi connectivity index (χ0n) is 25.7. The summed E-state index contributed by atoms with van der Waals surface area (Å²) in [5, 5.41) is 0. The van der Waals surface area contributed by atoms with E-state index in [2.05, 4.69) is 55.4 Å². The Morgan fingerprint density at radius 3 is 2.29 bits per heavy atom. The Hall–Kier alpha value is -0.610. The normalized spacial score (nSPS) is 50.6. The highest BCUT2D eigenvalue weighted by atomic mass is 16.7. The smallest absolute Gasteiger partial charge is 0.312 e. The number of hydrogen-bond acceptors (Lipinski definition) is 4. The van der Waals surface area contributed by atoms with Gasteiger partial charge in [0, 0.05) is 12.3 Å². The summed E-state index contributed by atoms with van der Waals surface area (Å²) in [6.45, 7) is 19.1. The fraction of sp³-hybridized carbons (Fsp3) is 0.971. The first kappa shape index (κ1) is 27.6. The van der Waals surface area contributed by atoms with E-state index in [4.69, 9.17) is 14.2 Å². The van der Waals surface area contributed by atoms with Crippen LogP contribution in [0.1, 0.15) is 126 Å². The standard InChI is InChI=1S/C34H56O4/c1-21-28-27(38-34(21)15-9-10-18-36-34)20-26-24-12-11-22-19-23(37-29(35)31(5,6)30(2,3)4)13-16-32(22,7)25(24)14-17-33(26,28)8/h21-28H,9-20H2,1-8H3/t21-,22?,23-,24?,25?,26?,27?,28?,32?,33?,34+/m0/s1. The molecule has 0 radical (unpaired) electrons. The Balaban J connectivity index is 1.15. The van der Waals surface area contributed by atoms with Crippen molar-refractivity contribution in [2.45, 2.75) is 144 Å². The zero-order valence-corrected chi connectivity index (χ0v) is 25.7. The molecule has 0 bridgehead atoms. The van der Waals surface area contributed by atoms with Gasteiger partial charge in [-0.2, -0.15) is 0 Å². The van der Waals surface area contributed by atoms with Gasteiger partial charge in [-0.1, -0.05) is 41.5 Å². The predicted molar refractivity (Wildman–Crippen MR) is 150 cm³/mol. The van der Waals surface area contributed by atoms with E-state index in [9.17, 15) is 4.79 Å². The van der Waals surface area contributed by atoms with Crippen molar-refractivity contribution in [3.8, 4) is 0 Å². The first-order valence-electron chi connectivity index (χ1n) is 16.3. The van der Waals surface area contributed by atoms with Crippen LogP contribution < -0.4 is 0 Å². The second-order valence-electron chi connectivity index (χ2n) is 16.7. The monoisotopic (exact) mass is 528 g/mol. The van der Waals surface area contributed by atoms with Gasteiger partial charge in [-0.05, 0) is 124 Å². The number of carbonyl (C=O) groups excluding carboxylic acids is 1. The fourth-order valence-electron chi connectivity index (χ4n) is 10.9. The Morgan fingerprint density at radius 1 is 0.868 bits per heavy atom. The summed E-state index contributed by atoms with van der Waals surface area (Å²) < 4.78 is 19.6. The van der Waals surface area contributed by atoms with Gasteiger partial charge in [0.05, 0.1) is 18.1 Å². The molecule has 11 atom stereocenters. The van der Waals surface area contributed by atoms with E-state index in [-0.39, 0.29) is 23.3 Å². The molecule has 4 aliphatic carbocycles. The third-order valence-electron chi connectivity index (χ3n) is 14.2. The SMILES string of the molecule is C[C@H]1C2C(CC3C4CCC5C[C@@H](OC(=O)C(C)(C)C(C)(C)C)CCC5(C)C4CCC32C)O[C@]12CCCCO2. The van der Waals surface area contributed by atoms with Gasteiger partial charge < -0.3 is 14.2 Å². The van der Waals surface area contributed by atoms with Crippen molar-refractivity contribution in [1.82, 2.24) is 0 Å². The van der Waals surface area contributed by atoms with Crippen LogP contribution >= 0.6 is 0 Å². The van der Waals surface area contributed by atoms with Crippen molar-refractivity contribution < 1.29 is 19.0 Å². The molecule has 6 rings (SSSR count). The molecule has 4 saturated carbocycles. The Bertz CT molecular complexity index is 927. The molecule has 4 nitrogen and oxygen atoms in total. The van der Waals surface area contributed by atoms with Crippen LogP contribution in [0.3, 0.4) is 0 Å². The largest absolute Gasteiger partial charge is 0.462 e. The number of carbonyl (C=O) groups is 1. The quantitative estimate of drug-likeness (QED) is 0.339. The molecular weight excluding hydrogens is 472 g/mol. The zero-order chi connectivity index (χ0) is 27.3. The molecular formula is C34H56O4. The van der Waals surface area contributed by atoms with Gasteiger partial charge in [0.2, 0.25) is 0 Å². The number of esters is 1. The van der Waals surface area contributed by atoms with Crippen molar-refractivity contribution in [2.24, 2.45) is 57.2 Å². The average molecular weight is 529 g/mol. The van der Waals surface area contributed by atoms with Crippen LogP contribution in [0.5, 0.6) is 0 Å². The van der Waals surface area contributed by atoms with Gasteiger partial charge >= 0.3 is 5.97 Å². The third kappa shape index (κ3) is 3.84. The molecule has 8 unspecified atom stereocenters. The van der Waals surface area contributed by atoms with E-state index in [0.29, 0.717) is 34.7 Å². The molecule has 1 spiro atoms. The minimum absolute atomic E-state index is 0.00736. The summed E-state index contributed by atoms with van der Waals surface area (Å²) in [5.74, 6) is 3.99. The minimum Gasteiger partial charge on any atom is -0.462 e. The van der Waals surface area contributed by atoms with Gasteiger partial charge in [-0.15, -0.1) is 0 Å². The summed E-state index contributed by atoms with van der Waals surface area (Å²) in [5.41, 5.74) is 0.207. The molecule has 216 valence electrons. The lowest BCUT2D eigenvalue weighted by molar-refractivity contribution is -0.265. The molecule has 38 heavy (non-hydrogen) atoms. The summed E-state index contributed by atoms with van der Waals surface area (Å²) in [7, 11) is 0. The van der Waals surface area contributed by atoms with Crippen LogP contribution in [0, 0.1) is 57.2 Å². The van der Waals surface area contributed by atoms with E-state index in [1.54, 1.807) is 0 Å². The molecule has 0 aromatic rings. The van der Waals surface area contributed by atoms with Crippen LogP contribution in [0.2, 0.25) is 0 Å². The third-order valence-corrected chi connectivity index (χ3v) is 14.2. The molecule has 4 heteroatoms. The second-order valence-corrected chi connectivity index (χ2v) is 16.7. The lowest BCUT2D eigenvalue weighted by Gasteiger charge is -2.61. The number of rotatable bonds is 2. The van der Waals surface area contributed by atoms with E-state index in [1.807, 2.05) is 0 Å². The first-order chi connectivity index (χ1) is 17.7. The number of ether oxygens (including phenoxy) is 3. The summed E-state index contributed by atoms with van der Waals surface area (Å²) >= 11 is 0. The maximum atomic E-state index is 13.2. The molecule has 0 aromatic carbocycles. The predicted octanol–water partition coefficient (Wildman–Crippen LogP) is 8.17. The molecule has 0 aromatic heterocycles. The fourth-order valence-corrected chi connectivity index (χ4v) is 10.9. The highest BCUT2D eigenvalue weighted by molar-refractivity contribution is 5.77. The van der Waals surface area contributed by atoms with Crippen molar-refractivity contribution >= 4 is 5.97 Å². The van der Waals surface area contributed by atoms with E-state index < -0.39 is 5.41 Å². The number of fused-ring (bicyclic) bond motifs is 7. The van der Waals surface area contributed by atoms with Crippen molar-refractivity contribution in [3.05, 3.63) is 0 Å². The summed E-state index contributed by atoms with van der Waals surface area (Å²) in [6.07, 6.45) is 14.0. The molecule has 6 fully saturated rings. The number of hydrogen-bond donors (Lipinski definition) is 0. The van der Waals surface area contributed by atoms with Gasteiger partial charge in [0.25, 0.3) is 0 Å². The molecule has 0 N–H and O–H groups in total. The Labute approximate surface area is 232 Å². The molecule has 2 saturated heterocycles. The minimum atomic E-state index is -0.472. The van der Waals surface area contributed by atoms with Gasteiger partial charge in [-0.25, -0.2) is 0 Å². The summed E-state index contributed by atoms with van der Waals surface area (Å²) in [6, 6.07) is 0. The molecule has 2 aliphatic heterocycles. The van der Waals surface area contributed by atoms with E-state index in [1.165, 1.54) is 51.4 Å². The Morgan fingerprint density at radius 2 is 1.61 bits per heavy atom.